The molecule has 4 heteroatoms. The number of aryl methyl sites for hydroxylation is 2. The van der Waals surface area contributed by atoms with Crippen molar-refractivity contribution < 1.29 is 4.74 Å². The zero-order chi connectivity index (χ0) is 14.8. The molecule has 0 bridgehead atoms. The summed E-state index contributed by atoms with van der Waals surface area (Å²) >= 11 is 6.16. The van der Waals surface area contributed by atoms with E-state index in [1.165, 1.54) is 18.4 Å². The molecule has 1 fully saturated rings. The molecule has 1 heterocycles. The highest BCUT2D eigenvalue weighted by molar-refractivity contribution is 6.32. The minimum absolute atomic E-state index is 0.603. The van der Waals surface area contributed by atoms with Gasteiger partial charge in [-0.2, -0.15) is 0 Å². The molecule has 0 radical (unpaired) electrons. The maximum atomic E-state index is 6.16. The summed E-state index contributed by atoms with van der Waals surface area (Å²) in [4.78, 5) is 4.36. The first-order valence-corrected chi connectivity index (χ1v) is 7.62. The van der Waals surface area contributed by atoms with Gasteiger partial charge in [0.1, 0.15) is 5.75 Å². The molecule has 0 amide bonds. The Hall–Kier alpha value is -1.58. The number of halogens is 1. The largest absolute Gasteiger partial charge is 0.439 e. The topological polar surface area (TPSA) is 34.1 Å². The van der Waals surface area contributed by atoms with Gasteiger partial charge in [0.2, 0.25) is 5.88 Å². The average Bonchev–Trinajstić information content (AvgIpc) is 3.28. The summed E-state index contributed by atoms with van der Waals surface area (Å²) in [5.41, 5.74) is 3.20. The standard InChI is InChI=1S/C17H19ClN2O/c1-11-7-15(8-12(2)17(11)18)21-16-6-3-13(10-20-16)9-19-14-4-5-14/h3,6-8,10,14,19H,4-5,9H2,1-2H3. The van der Waals surface area contributed by atoms with Crippen LogP contribution in [0.4, 0.5) is 0 Å². The number of hydrogen-bond donors (Lipinski definition) is 1. The number of rotatable bonds is 5. The molecule has 1 aromatic carbocycles. The molecule has 0 saturated heterocycles. The normalized spacial score (nSPS) is 14.2. The van der Waals surface area contributed by atoms with Crippen molar-refractivity contribution in [3.05, 3.63) is 52.2 Å². The Morgan fingerprint density at radius 1 is 1.24 bits per heavy atom. The van der Waals surface area contributed by atoms with Gasteiger partial charge < -0.3 is 10.1 Å². The summed E-state index contributed by atoms with van der Waals surface area (Å²) in [5.74, 6) is 1.37. The van der Waals surface area contributed by atoms with Crippen molar-refractivity contribution in [2.75, 3.05) is 0 Å². The Morgan fingerprint density at radius 2 is 1.95 bits per heavy atom. The van der Waals surface area contributed by atoms with Crippen molar-refractivity contribution in [3.8, 4) is 11.6 Å². The van der Waals surface area contributed by atoms with Gasteiger partial charge in [0, 0.05) is 29.9 Å². The van der Waals surface area contributed by atoms with Crippen LogP contribution in [0.1, 0.15) is 29.5 Å². The van der Waals surface area contributed by atoms with Gasteiger partial charge in [-0.1, -0.05) is 17.7 Å². The molecular weight excluding hydrogens is 284 g/mol. The molecule has 1 aliphatic rings. The number of pyridine rings is 1. The number of benzene rings is 1. The smallest absolute Gasteiger partial charge is 0.219 e. The highest BCUT2D eigenvalue weighted by atomic mass is 35.5. The second-order valence-corrected chi connectivity index (χ2v) is 6.01. The molecule has 3 nitrogen and oxygen atoms in total. The third kappa shape index (κ3) is 3.74. The summed E-state index contributed by atoms with van der Waals surface area (Å²) in [7, 11) is 0. The third-order valence-electron chi connectivity index (χ3n) is 3.60. The van der Waals surface area contributed by atoms with Crippen molar-refractivity contribution in [3.63, 3.8) is 0 Å². The summed E-state index contributed by atoms with van der Waals surface area (Å²) < 4.78 is 5.80. The van der Waals surface area contributed by atoms with E-state index >= 15 is 0 Å². The van der Waals surface area contributed by atoms with E-state index in [0.717, 1.165) is 28.4 Å². The number of nitrogens with one attached hydrogen (secondary N) is 1. The second kappa shape index (κ2) is 6.04. The minimum atomic E-state index is 0.603. The molecular formula is C17H19ClN2O. The van der Waals surface area contributed by atoms with Crippen LogP contribution < -0.4 is 10.1 Å². The van der Waals surface area contributed by atoms with E-state index in [9.17, 15) is 0 Å². The summed E-state index contributed by atoms with van der Waals surface area (Å²) in [6.07, 6.45) is 4.45. The second-order valence-electron chi connectivity index (χ2n) is 5.63. The molecule has 1 N–H and O–H groups in total. The zero-order valence-electron chi connectivity index (χ0n) is 12.3. The van der Waals surface area contributed by atoms with Crippen LogP contribution in [0.25, 0.3) is 0 Å². The highest BCUT2D eigenvalue weighted by Gasteiger charge is 2.19. The van der Waals surface area contributed by atoms with E-state index in [0.29, 0.717) is 11.9 Å². The van der Waals surface area contributed by atoms with Gasteiger partial charge >= 0.3 is 0 Å². The fourth-order valence-corrected chi connectivity index (χ4v) is 2.32. The van der Waals surface area contributed by atoms with E-state index in [1.54, 1.807) is 0 Å². The van der Waals surface area contributed by atoms with E-state index in [-0.39, 0.29) is 0 Å². The van der Waals surface area contributed by atoms with Crippen LogP contribution in [0.2, 0.25) is 5.02 Å². The molecule has 0 aliphatic heterocycles. The van der Waals surface area contributed by atoms with Crippen molar-refractivity contribution in [2.24, 2.45) is 0 Å². The van der Waals surface area contributed by atoms with Crippen LogP contribution >= 0.6 is 11.6 Å². The van der Waals surface area contributed by atoms with Crippen LogP contribution in [0.15, 0.2) is 30.5 Å². The van der Waals surface area contributed by atoms with Gasteiger partial charge in [0.05, 0.1) is 0 Å². The first-order chi connectivity index (χ1) is 10.1. The lowest BCUT2D eigenvalue weighted by molar-refractivity contribution is 0.461. The number of ether oxygens (including phenoxy) is 1. The van der Waals surface area contributed by atoms with Gasteiger partial charge in [-0.3, -0.25) is 0 Å². The average molecular weight is 303 g/mol. The summed E-state index contributed by atoms with van der Waals surface area (Å²) in [5, 5.41) is 4.26. The number of hydrogen-bond acceptors (Lipinski definition) is 3. The fourth-order valence-electron chi connectivity index (χ4n) is 2.21. The minimum Gasteiger partial charge on any atom is -0.439 e. The molecule has 21 heavy (non-hydrogen) atoms. The zero-order valence-corrected chi connectivity index (χ0v) is 13.1. The number of aromatic nitrogens is 1. The van der Waals surface area contributed by atoms with Crippen LogP contribution in [0.3, 0.4) is 0 Å². The third-order valence-corrected chi connectivity index (χ3v) is 4.20. The lowest BCUT2D eigenvalue weighted by Gasteiger charge is -2.09. The van der Waals surface area contributed by atoms with Crippen LogP contribution in [0, 0.1) is 13.8 Å². The van der Waals surface area contributed by atoms with E-state index < -0.39 is 0 Å². The molecule has 1 aromatic heterocycles. The molecule has 0 spiro atoms. The Labute approximate surface area is 130 Å². The molecule has 3 rings (SSSR count). The fraction of sp³-hybridized carbons (Fsp3) is 0.353. The SMILES string of the molecule is Cc1cc(Oc2ccc(CNC3CC3)cn2)cc(C)c1Cl. The van der Waals surface area contributed by atoms with Gasteiger partial charge in [-0.15, -0.1) is 0 Å². The van der Waals surface area contributed by atoms with Crippen LogP contribution in [0.5, 0.6) is 11.6 Å². The van der Waals surface area contributed by atoms with Crippen molar-refractivity contribution >= 4 is 11.6 Å². The van der Waals surface area contributed by atoms with Crippen molar-refractivity contribution in [1.29, 1.82) is 0 Å². The highest BCUT2D eigenvalue weighted by Crippen LogP contribution is 2.28. The van der Waals surface area contributed by atoms with Crippen LogP contribution in [-0.4, -0.2) is 11.0 Å². The van der Waals surface area contributed by atoms with Crippen molar-refractivity contribution in [2.45, 2.75) is 39.3 Å². The lowest BCUT2D eigenvalue weighted by atomic mass is 10.1. The van der Waals surface area contributed by atoms with E-state index in [2.05, 4.69) is 10.3 Å². The summed E-state index contributed by atoms with van der Waals surface area (Å²) in [6.45, 7) is 4.82. The Morgan fingerprint density at radius 3 is 2.52 bits per heavy atom. The van der Waals surface area contributed by atoms with Crippen molar-refractivity contribution in [1.82, 2.24) is 10.3 Å². The predicted octanol–water partition coefficient (Wildman–Crippen LogP) is 4.40. The van der Waals surface area contributed by atoms with E-state index in [4.69, 9.17) is 16.3 Å². The number of nitrogens with zero attached hydrogens (tertiary/aromatic N) is 1. The van der Waals surface area contributed by atoms with Crippen LogP contribution in [-0.2, 0) is 6.54 Å². The quantitative estimate of drug-likeness (QED) is 0.889. The Kier molecular flexibility index (Phi) is 4.13. The lowest BCUT2D eigenvalue weighted by Crippen LogP contribution is -2.15. The monoisotopic (exact) mass is 302 g/mol. The van der Waals surface area contributed by atoms with Gasteiger partial charge in [0.25, 0.3) is 0 Å². The first kappa shape index (κ1) is 14.4. The summed E-state index contributed by atoms with van der Waals surface area (Å²) in [6, 6.07) is 8.52. The molecule has 110 valence electrons. The van der Waals surface area contributed by atoms with Gasteiger partial charge in [-0.05, 0) is 55.5 Å². The predicted molar refractivity (Wildman–Crippen MR) is 85.1 cm³/mol. The molecule has 1 saturated carbocycles. The molecule has 1 aliphatic carbocycles. The Bertz CT molecular complexity index is 613. The molecule has 0 atom stereocenters. The maximum absolute atomic E-state index is 6.16. The maximum Gasteiger partial charge on any atom is 0.219 e. The van der Waals surface area contributed by atoms with Gasteiger partial charge in [0.15, 0.2) is 0 Å². The molecule has 2 aromatic rings. The van der Waals surface area contributed by atoms with E-state index in [1.807, 2.05) is 44.3 Å². The first-order valence-electron chi connectivity index (χ1n) is 7.25. The van der Waals surface area contributed by atoms with Gasteiger partial charge in [-0.25, -0.2) is 4.98 Å². The molecule has 0 unspecified atom stereocenters. The Balaban J connectivity index is 1.66.